The van der Waals surface area contributed by atoms with E-state index in [9.17, 15) is 9.90 Å². The van der Waals surface area contributed by atoms with Crippen molar-refractivity contribution in [2.75, 3.05) is 48.8 Å². The largest absolute Gasteiger partial charge is 0.495 e. The summed E-state index contributed by atoms with van der Waals surface area (Å²) in [6.07, 6.45) is 1.68. The van der Waals surface area contributed by atoms with E-state index in [1.807, 2.05) is 29.2 Å². The molecular weight excluding hydrogens is 348 g/mol. The Morgan fingerprint density at radius 2 is 1.81 bits per heavy atom. The molecule has 0 unspecified atom stereocenters. The van der Waals surface area contributed by atoms with Gasteiger partial charge in [-0.15, -0.1) is 5.10 Å². The molecule has 1 saturated heterocycles. The van der Waals surface area contributed by atoms with Crippen molar-refractivity contribution < 1.29 is 14.6 Å². The van der Waals surface area contributed by atoms with Crippen molar-refractivity contribution in [3.8, 4) is 5.75 Å². The van der Waals surface area contributed by atoms with Crippen molar-refractivity contribution in [3.63, 3.8) is 0 Å². The zero-order valence-corrected chi connectivity index (χ0v) is 14.9. The first kappa shape index (κ1) is 17.0. The van der Waals surface area contributed by atoms with Gasteiger partial charge in [-0.05, 0) is 18.2 Å². The number of anilines is 3. The second-order valence-corrected chi connectivity index (χ2v) is 6.30. The highest BCUT2D eigenvalue weighted by Crippen LogP contribution is 2.30. The third-order valence-corrected chi connectivity index (χ3v) is 4.74. The molecule has 27 heavy (non-hydrogen) atoms. The molecule has 0 atom stereocenters. The molecule has 3 N–H and O–H groups in total. The second-order valence-electron chi connectivity index (χ2n) is 6.30. The van der Waals surface area contributed by atoms with Crippen LogP contribution in [0.5, 0.6) is 5.75 Å². The number of carboxylic acid groups (broad SMARTS) is 1. The van der Waals surface area contributed by atoms with Gasteiger partial charge in [0, 0.05) is 26.2 Å². The number of para-hydroxylation sites is 2. The molecule has 1 aliphatic heterocycles. The summed E-state index contributed by atoms with van der Waals surface area (Å²) < 4.78 is 6.97. The van der Waals surface area contributed by atoms with Crippen LogP contribution >= 0.6 is 0 Å². The van der Waals surface area contributed by atoms with Gasteiger partial charge in [0.15, 0.2) is 5.65 Å². The molecule has 3 heterocycles. The fraction of sp³-hybridized carbons (Fsp3) is 0.278. The van der Waals surface area contributed by atoms with Crippen LogP contribution < -0.4 is 20.3 Å². The molecule has 4 rings (SSSR count). The van der Waals surface area contributed by atoms with E-state index in [1.165, 1.54) is 10.6 Å². The van der Waals surface area contributed by atoms with Crippen molar-refractivity contribution in [2.24, 2.45) is 0 Å². The van der Waals surface area contributed by atoms with Gasteiger partial charge in [0.05, 0.1) is 30.2 Å². The highest BCUT2D eigenvalue weighted by molar-refractivity contribution is 5.95. The fourth-order valence-electron chi connectivity index (χ4n) is 3.44. The van der Waals surface area contributed by atoms with Crippen LogP contribution in [-0.4, -0.2) is 59.0 Å². The van der Waals surface area contributed by atoms with E-state index < -0.39 is 5.97 Å². The number of nitrogens with two attached hydrogens (primary N) is 1. The number of aromatic nitrogens is 3. The molecule has 140 valence electrons. The van der Waals surface area contributed by atoms with Crippen LogP contribution in [0.1, 0.15) is 10.4 Å². The Balaban J connectivity index is 1.61. The van der Waals surface area contributed by atoms with Gasteiger partial charge in [-0.3, -0.25) is 0 Å². The number of carbonyl (C=O) groups is 1. The number of ether oxygens (including phenoxy) is 1. The Hall–Kier alpha value is -3.49. The van der Waals surface area contributed by atoms with Gasteiger partial charge >= 0.3 is 5.97 Å². The van der Waals surface area contributed by atoms with Crippen LogP contribution in [0.15, 0.2) is 36.5 Å². The number of benzene rings is 1. The number of piperazine rings is 1. The lowest BCUT2D eigenvalue weighted by Gasteiger charge is -2.38. The third kappa shape index (κ3) is 3.07. The standard InChI is InChI=1S/C18H20N6O3/c1-27-15-5-3-2-4-13(15)22-6-8-23(9-7-22)14-11-24-16(20-18(19)21-24)10-12(14)17(25)26/h2-5,10-11H,6-9H2,1H3,(H2,19,21)(H,25,26). The summed E-state index contributed by atoms with van der Waals surface area (Å²) in [5, 5.41) is 13.7. The quantitative estimate of drug-likeness (QED) is 0.710. The summed E-state index contributed by atoms with van der Waals surface area (Å²) >= 11 is 0. The van der Waals surface area contributed by atoms with E-state index in [0.29, 0.717) is 24.4 Å². The van der Waals surface area contributed by atoms with E-state index in [4.69, 9.17) is 10.5 Å². The Morgan fingerprint density at radius 1 is 1.15 bits per heavy atom. The fourth-order valence-corrected chi connectivity index (χ4v) is 3.44. The van der Waals surface area contributed by atoms with Crippen molar-refractivity contribution in [1.82, 2.24) is 14.6 Å². The summed E-state index contributed by atoms with van der Waals surface area (Å²) in [4.78, 5) is 20.1. The Bertz CT molecular complexity index is 994. The minimum Gasteiger partial charge on any atom is -0.495 e. The Labute approximate surface area is 155 Å². The molecule has 2 aromatic heterocycles. The van der Waals surface area contributed by atoms with Gasteiger partial charge < -0.3 is 25.4 Å². The first-order valence-electron chi connectivity index (χ1n) is 8.59. The van der Waals surface area contributed by atoms with Crippen molar-refractivity contribution in [2.45, 2.75) is 0 Å². The van der Waals surface area contributed by atoms with Crippen LogP contribution in [0.4, 0.5) is 17.3 Å². The summed E-state index contributed by atoms with van der Waals surface area (Å²) in [5.74, 6) is -0.0533. The van der Waals surface area contributed by atoms with Crippen LogP contribution in [-0.2, 0) is 0 Å². The maximum absolute atomic E-state index is 11.7. The summed E-state index contributed by atoms with van der Waals surface area (Å²) in [5.41, 5.74) is 7.90. The van der Waals surface area contributed by atoms with Crippen LogP contribution in [0.3, 0.4) is 0 Å². The maximum Gasteiger partial charge on any atom is 0.338 e. The number of nitrogens with zero attached hydrogens (tertiary/aromatic N) is 5. The lowest BCUT2D eigenvalue weighted by atomic mass is 10.1. The molecule has 0 saturated carbocycles. The molecule has 1 aromatic carbocycles. The van der Waals surface area contributed by atoms with Crippen LogP contribution in [0.25, 0.3) is 5.65 Å². The third-order valence-electron chi connectivity index (χ3n) is 4.74. The van der Waals surface area contributed by atoms with Gasteiger partial charge in [0.25, 0.3) is 0 Å². The molecule has 0 spiro atoms. The number of hydrogen-bond donors (Lipinski definition) is 2. The topological polar surface area (TPSA) is 109 Å². The zero-order chi connectivity index (χ0) is 19.0. The first-order chi connectivity index (χ1) is 13.1. The summed E-state index contributed by atoms with van der Waals surface area (Å²) in [7, 11) is 1.66. The maximum atomic E-state index is 11.7. The van der Waals surface area contributed by atoms with Gasteiger partial charge in [0.2, 0.25) is 5.95 Å². The molecule has 1 fully saturated rings. The molecule has 9 heteroatoms. The Morgan fingerprint density at radius 3 is 2.48 bits per heavy atom. The summed E-state index contributed by atoms with van der Waals surface area (Å²) in [6, 6.07) is 9.40. The minimum atomic E-state index is -0.999. The van der Waals surface area contributed by atoms with Gasteiger partial charge in [-0.25, -0.2) is 9.31 Å². The molecule has 9 nitrogen and oxygen atoms in total. The second kappa shape index (κ2) is 6.67. The van der Waals surface area contributed by atoms with E-state index in [-0.39, 0.29) is 11.5 Å². The van der Waals surface area contributed by atoms with E-state index >= 15 is 0 Å². The molecule has 0 aliphatic carbocycles. The highest BCUT2D eigenvalue weighted by Gasteiger charge is 2.24. The van der Waals surface area contributed by atoms with Crippen LogP contribution in [0, 0.1) is 0 Å². The lowest BCUT2D eigenvalue weighted by molar-refractivity contribution is 0.0697. The van der Waals surface area contributed by atoms with Gasteiger partial charge in [-0.2, -0.15) is 4.98 Å². The zero-order valence-electron chi connectivity index (χ0n) is 14.9. The predicted molar refractivity (Wildman–Crippen MR) is 102 cm³/mol. The SMILES string of the molecule is COc1ccccc1N1CCN(c2cn3nc(N)nc3cc2C(=O)O)CC1. The van der Waals surface area contributed by atoms with Crippen LogP contribution in [0.2, 0.25) is 0 Å². The number of fused-ring (bicyclic) bond motifs is 1. The normalized spacial score (nSPS) is 14.6. The molecule has 0 amide bonds. The van der Waals surface area contributed by atoms with E-state index in [1.54, 1.807) is 13.3 Å². The summed E-state index contributed by atoms with van der Waals surface area (Å²) in [6.45, 7) is 2.84. The molecule has 3 aromatic rings. The number of pyridine rings is 1. The number of carboxylic acids is 1. The monoisotopic (exact) mass is 368 g/mol. The Kier molecular flexibility index (Phi) is 4.19. The average molecular weight is 368 g/mol. The number of hydrogen-bond acceptors (Lipinski definition) is 7. The number of nitrogen functional groups attached to an aromatic ring is 1. The molecule has 0 radical (unpaired) electrons. The minimum absolute atomic E-state index is 0.115. The molecule has 1 aliphatic rings. The first-order valence-corrected chi connectivity index (χ1v) is 8.59. The lowest BCUT2D eigenvalue weighted by Crippen LogP contribution is -2.47. The number of rotatable bonds is 4. The number of aromatic carboxylic acids is 1. The van der Waals surface area contributed by atoms with Crippen molar-refractivity contribution in [3.05, 3.63) is 42.1 Å². The van der Waals surface area contributed by atoms with Crippen molar-refractivity contribution >= 4 is 28.9 Å². The molecular formula is C18H20N6O3. The van der Waals surface area contributed by atoms with E-state index in [0.717, 1.165) is 24.5 Å². The van der Waals surface area contributed by atoms with E-state index in [2.05, 4.69) is 15.0 Å². The van der Waals surface area contributed by atoms with Gasteiger partial charge in [0.1, 0.15) is 5.75 Å². The van der Waals surface area contributed by atoms with Crippen molar-refractivity contribution in [1.29, 1.82) is 0 Å². The van der Waals surface area contributed by atoms with Gasteiger partial charge in [-0.1, -0.05) is 12.1 Å². The highest BCUT2D eigenvalue weighted by atomic mass is 16.5. The smallest absolute Gasteiger partial charge is 0.338 e. The number of methoxy groups -OCH3 is 1. The predicted octanol–water partition coefficient (Wildman–Crippen LogP) is 1.34. The average Bonchev–Trinajstić information content (AvgIpc) is 3.06. The molecule has 0 bridgehead atoms.